The van der Waals surface area contributed by atoms with E-state index in [0.717, 1.165) is 35.2 Å². The number of fused-ring (bicyclic) bond motifs is 1. The average Bonchev–Trinajstić information content (AvgIpc) is 3.37. The molecular formula is C23H19F3N4O. The summed E-state index contributed by atoms with van der Waals surface area (Å²) in [5, 5.41) is 1.08. The van der Waals surface area contributed by atoms with E-state index in [1.807, 2.05) is 23.2 Å². The SMILES string of the molecule is Cc1nc(N2CC=C(c3c[nH]c4ncccc34)CC2)oc1-c1cccc(C(F)(F)F)c1. The highest BCUT2D eigenvalue weighted by Crippen LogP contribution is 2.35. The molecule has 0 unspecified atom stereocenters. The van der Waals surface area contributed by atoms with Crippen LogP contribution < -0.4 is 4.90 Å². The Bertz CT molecular complexity index is 1290. The summed E-state index contributed by atoms with van der Waals surface area (Å²) in [6.45, 7) is 3.04. The smallest absolute Gasteiger partial charge is 0.416 e. The van der Waals surface area contributed by atoms with Gasteiger partial charge in [0, 0.05) is 42.0 Å². The van der Waals surface area contributed by atoms with Gasteiger partial charge in [0.2, 0.25) is 0 Å². The lowest BCUT2D eigenvalue weighted by atomic mass is 10.00. The summed E-state index contributed by atoms with van der Waals surface area (Å²) < 4.78 is 45.1. The standard InChI is InChI=1S/C23H19F3N4O/c1-14-20(16-4-2-5-17(12-16)23(24,25)26)31-22(29-14)30-10-7-15(8-11-30)19-13-28-21-18(19)6-3-9-27-21/h2-7,9,12-13H,8,10-11H2,1H3,(H,27,28). The lowest BCUT2D eigenvalue weighted by molar-refractivity contribution is -0.137. The molecule has 3 aromatic heterocycles. The van der Waals surface area contributed by atoms with Gasteiger partial charge in [0.15, 0.2) is 5.76 Å². The van der Waals surface area contributed by atoms with E-state index in [1.165, 1.54) is 11.6 Å². The predicted molar refractivity (Wildman–Crippen MR) is 113 cm³/mol. The maximum absolute atomic E-state index is 13.1. The Balaban J connectivity index is 1.40. The van der Waals surface area contributed by atoms with Gasteiger partial charge in [0.25, 0.3) is 6.01 Å². The highest BCUT2D eigenvalue weighted by atomic mass is 19.4. The van der Waals surface area contributed by atoms with Crippen LogP contribution in [0, 0.1) is 6.92 Å². The Morgan fingerprint density at radius 3 is 2.81 bits per heavy atom. The molecule has 0 saturated heterocycles. The molecule has 5 nitrogen and oxygen atoms in total. The fourth-order valence-corrected chi connectivity index (χ4v) is 3.93. The Morgan fingerprint density at radius 1 is 1.16 bits per heavy atom. The van der Waals surface area contributed by atoms with Crippen LogP contribution in [-0.4, -0.2) is 28.0 Å². The number of alkyl halides is 3. The van der Waals surface area contributed by atoms with E-state index in [-0.39, 0.29) is 0 Å². The number of hydrogen-bond acceptors (Lipinski definition) is 4. The number of pyridine rings is 1. The van der Waals surface area contributed by atoms with Crippen LogP contribution in [0.3, 0.4) is 0 Å². The van der Waals surface area contributed by atoms with Gasteiger partial charge in [-0.25, -0.2) is 4.98 Å². The van der Waals surface area contributed by atoms with Crippen molar-refractivity contribution >= 4 is 22.6 Å². The fraction of sp³-hybridized carbons (Fsp3) is 0.217. The van der Waals surface area contributed by atoms with Gasteiger partial charge >= 0.3 is 6.18 Å². The molecule has 4 aromatic rings. The van der Waals surface area contributed by atoms with Crippen LogP contribution >= 0.6 is 0 Å². The number of nitrogens with zero attached hydrogens (tertiary/aromatic N) is 3. The van der Waals surface area contributed by atoms with Gasteiger partial charge in [0.05, 0.1) is 11.3 Å². The highest BCUT2D eigenvalue weighted by molar-refractivity contribution is 5.91. The minimum Gasteiger partial charge on any atom is -0.423 e. The first-order chi connectivity index (χ1) is 14.9. The molecule has 158 valence electrons. The minimum atomic E-state index is -4.40. The molecule has 0 radical (unpaired) electrons. The van der Waals surface area contributed by atoms with Crippen LogP contribution in [-0.2, 0) is 6.18 Å². The second kappa shape index (κ2) is 7.30. The second-order valence-electron chi connectivity index (χ2n) is 7.52. The average molecular weight is 424 g/mol. The zero-order chi connectivity index (χ0) is 21.6. The Labute approximate surface area is 176 Å². The molecule has 1 aromatic carbocycles. The highest BCUT2D eigenvalue weighted by Gasteiger charge is 2.31. The number of oxazole rings is 1. The number of hydrogen-bond donors (Lipinski definition) is 1. The molecule has 0 spiro atoms. The topological polar surface area (TPSA) is 58.0 Å². The van der Waals surface area contributed by atoms with Crippen LogP contribution in [0.5, 0.6) is 0 Å². The fourth-order valence-electron chi connectivity index (χ4n) is 3.93. The molecular weight excluding hydrogens is 405 g/mol. The van der Waals surface area contributed by atoms with E-state index in [9.17, 15) is 13.2 Å². The molecule has 0 amide bonds. The van der Waals surface area contributed by atoms with Gasteiger partial charge in [-0.15, -0.1) is 0 Å². The summed E-state index contributed by atoms with van der Waals surface area (Å²) in [4.78, 5) is 14.0. The lowest BCUT2D eigenvalue weighted by Gasteiger charge is -2.24. The summed E-state index contributed by atoms with van der Waals surface area (Å²) in [5.41, 5.74) is 3.43. The second-order valence-corrected chi connectivity index (χ2v) is 7.52. The number of rotatable bonds is 3. The van der Waals surface area contributed by atoms with Crippen molar-refractivity contribution in [3.8, 4) is 11.3 Å². The number of nitrogens with one attached hydrogen (secondary N) is 1. The Kier molecular flexibility index (Phi) is 4.57. The van der Waals surface area contributed by atoms with Crippen LogP contribution in [0.15, 0.2) is 59.3 Å². The van der Waals surface area contributed by atoms with Gasteiger partial charge in [-0.1, -0.05) is 18.2 Å². The van der Waals surface area contributed by atoms with E-state index in [4.69, 9.17) is 4.42 Å². The maximum atomic E-state index is 13.1. The summed E-state index contributed by atoms with van der Waals surface area (Å²) in [7, 11) is 0. The van der Waals surface area contributed by atoms with Crippen molar-refractivity contribution in [3.05, 3.63) is 71.7 Å². The molecule has 1 aliphatic heterocycles. The van der Waals surface area contributed by atoms with E-state index < -0.39 is 11.7 Å². The number of aromatic nitrogens is 3. The Hall–Kier alpha value is -3.55. The third-order valence-electron chi connectivity index (χ3n) is 5.51. The van der Waals surface area contributed by atoms with E-state index in [2.05, 4.69) is 21.0 Å². The molecule has 1 aliphatic rings. The maximum Gasteiger partial charge on any atom is 0.416 e. The molecule has 0 saturated carbocycles. The number of benzene rings is 1. The predicted octanol–water partition coefficient (Wildman–Crippen LogP) is 5.84. The molecule has 1 N–H and O–H groups in total. The van der Waals surface area contributed by atoms with Gasteiger partial charge < -0.3 is 14.3 Å². The summed E-state index contributed by atoms with van der Waals surface area (Å²) in [6.07, 6.45) is 2.25. The van der Waals surface area contributed by atoms with Crippen LogP contribution in [0.25, 0.3) is 27.9 Å². The largest absolute Gasteiger partial charge is 0.423 e. The molecule has 5 rings (SSSR count). The van der Waals surface area contributed by atoms with E-state index in [0.29, 0.717) is 36.1 Å². The van der Waals surface area contributed by atoms with Gasteiger partial charge in [-0.3, -0.25) is 0 Å². The number of H-pyrrole nitrogens is 1. The molecule has 8 heteroatoms. The minimum absolute atomic E-state index is 0.360. The van der Waals surface area contributed by atoms with Crippen molar-refractivity contribution in [1.82, 2.24) is 15.0 Å². The summed E-state index contributed by atoms with van der Waals surface area (Å²) >= 11 is 0. The van der Waals surface area contributed by atoms with Crippen molar-refractivity contribution in [2.75, 3.05) is 18.0 Å². The number of aryl methyl sites for hydroxylation is 1. The molecule has 31 heavy (non-hydrogen) atoms. The number of aromatic amines is 1. The molecule has 4 heterocycles. The van der Waals surface area contributed by atoms with E-state index in [1.54, 1.807) is 19.2 Å². The zero-order valence-electron chi connectivity index (χ0n) is 16.7. The van der Waals surface area contributed by atoms with Crippen molar-refractivity contribution in [1.29, 1.82) is 0 Å². The quantitative estimate of drug-likeness (QED) is 0.449. The monoisotopic (exact) mass is 424 g/mol. The van der Waals surface area contributed by atoms with Crippen molar-refractivity contribution in [2.45, 2.75) is 19.5 Å². The van der Waals surface area contributed by atoms with Gasteiger partial charge in [-0.05, 0) is 43.2 Å². The van der Waals surface area contributed by atoms with Crippen LogP contribution in [0.2, 0.25) is 0 Å². The van der Waals surface area contributed by atoms with E-state index >= 15 is 0 Å². The normalized spacial score (nSPS) is 14.8. The first kappa shape index (κ1) is 19.4. The third-order valence-corrected chi connectivity index (χ3v) is 5.51. The number of anilines is 1. The third kappa shape index (κ3) is 3.58. The molecule has 0 fully saturated rings. The molecule has 0 bridgehead atoms. The van der Waals surface area contributed by atoms with Crippen molar-refractivity contribution in [3.63, 3.8) is 0 Å². The lowest BCUT2D eigenvalue weighted by Crippen LogP contribution is -2.28. The summed E-state index contributed by atoms with van der Waals surface area (Å²) in [5.74, 6) is 0.360. The first-order valence-corrected chi connectivity index (χ1v) is 9.91. The molecule has 0 atom stereocenters. The van der Waals surface area contributed by atoms with Gasteiger partial charge in [-0.2, -0.15) is 18.2 Å². The first-order valence-electron chi connectivity index (χ1n) is 9.91. The molecule has 0 aliphatic carbocycles. The van der Waals surface area contributed by atoms with Crippen molar-refractivity contribution in [2.24, 2.45) is 0 Å². The number of halogens is 3. The zero-order valence-corrected chi connectivity index (χ0v) is 16.7. The summed E-state index contributed by atoms with van der Waals surface area (Å²) in [6, 6.07) is 9.50. The van der Waals surface area contributed by atoms with Crippen LogP contribution in [0.4, 0.5) is 19.2 Å². The van der Waals surface area contributed by atoms with Gasteiger partial charge in [0.1, 0.15) is 5.65 Å². The van der Waals surface area contributed by atoms with Crippen molar-refractivity contribution < 1.29 is 17.6 Å². The van der Waals surface area contributed by atoms with Crippen LogP contribution in [0.1, 0.15) is 23.2 Å². The Morgan fingerprint density at radius 2 is 2.03 bits per heavy atom.